The summed E-state index contributed by atoms with van der Waals surface area (Å²) in [7, 11) is 4.36. The van der Waals surface area contributed by atoms with Crippen LogP contribution in [0.25, 0.3) is 0 Å². The van der Waals surface area contributed by atoms with Crippen LogP contribution in [-0.2, 0) is 6.42 Å². The maximum Gasteiger partial charge on any atom is 0.0340 e. The topological polar surface area (TPSA) is 15.3 Å². The first-order valence-corrected chi connectivity index (χ1v) is 8.28. The molecule has 0 aliphatic carbocycles. The monoisotopic (exact) mass is 278 g/mol. The van der Waals surface area contributed by atoms with Crippen LogP contribution in [0.15, 0.2) is 18.2 Å². The van der Waals surface area contributed by atoms with Crippen LogP contribution in [0.4, 0.5) is 0 Å². The van der Waals surface area contributed by atoms with Gasteiger partial charge in [-0.05, 0) is 51.1 Å². The molecule has 1 aromatic carbocycles. The van der Waals surface area contributed by atoms with Crippen molar-refractivity contribution in [3.05, 3.63) is 34.9 Å². The molecule has 2 unspecified atom stereocenters. The van der Waals surface area contributed by atoms with Gasteiger partial charge in [0.15, 0.2) is 0 Å². The van der Waals surface area contributed by atoms with Crippen molar-refractivity contribution in [3.63, 3.8) is 0 Å². The molecule has 1 aliphatic heterocycles. The van der Waals surface area contributed by atoms with E-state index < -0.39 is 0 Å². The number of rotatable bonds is 4. The van der Waals surface area contributed by atoms with Crippen LogP contribution in [0.2, 0.25) is 0 Å². The first-order chi connectivity index (χ1) is 9.11. The zero-order valence-electron chi connectivity index (χ0n) is 12.6. The minimum Gasteiger partial charge on any atom is -0.315 e. The van der Waals surface area contributed by atoms with Gasteiger partial charge in [0, 0.05) is 30.1 Å². The fourth-order valence-electron chi connectivity index (χ4n) is 2.74. The Morgan fingerprint density at radius 2 is 2.16 bits per heavy atom. The Bertz CT molecular complexity index is 419. The molecule has 2 nitrogen and oxygen atoms in total. The molecule has 1 N–H and O–H groups in total. The van der Waals surface area contributed by atoms with Gasteiger partial charge in [-0.3, -0.25) is 0 Å². The highest BCUT2D eigenvalue weighted by molar-refractivity contribution is 7.99. The average molecular weight is 278 g/mol. The Morgan fingerprint density at radius 1 is 1.37 bits per heavy atom. The Hall–Kier alpha value is -0.510. The van der Waals surface area contributed by atoms with Crippen LogP contribution in [0.3, 0.4) is 0 Å². The molecule has 2 atom stereocenters. The molecule has 0 amide bonds. The van der Waals surface area contributed by atoms with Crippen LogP contribution in [-0.4, -0.2) is 49.1 Å². The molecule has 19 heavy (non-hydrogen) atoms. The number of aryl methyl sites for hydroxylation is 2. The number of hydrogen-bond acceptors (Lipinski definition) is 3. The van der Waals surface area contributed by atoms with Gasteiger partial charge in [0.1, 0.15) is 0 Å². The second-order valence-corrected chi connectivity index (χ2v) is 6.79. The molecule has 1 aromatic rings. The summed E-state index contributed by atoms with van der Waals surface area (Å²) >= 11 is 2.08. The van der Waals surface area contributed by atoms with Crippen molar-refractivity contribution in [2.24, 2.45) is 0 Å². The van der Waals surface area contributed by atoms with Gasteiger partial charge >= 0.3 is 0 Å². The van der Waals surface area contributed by atoms with Gasteiger partial charge in [-0.25, -0.2) is 0 Å². The van der Waals surface area contributed by atoms with Gasteiger partial charge in [0.2, 0.25) is 0 Å². The van der Waals surface area contributed by atoms with E-state index in [0.29, 0.717) is 12.1 Å². The molecule has 1 fully saturated rings. The molecule has 0 saturated carbocycles. The van der Waals surface area contributed by atoms with Crippen molar-refractivity contribution in [1.82, 2.24) is 10.2 Å². The van der Waals surface area contributed by atoms with E-state index in [1.165, 1.54) is 34.7 Å². The molecular formula is C16H26N2S. The Morgan fingerprint density at radius 3 is 2.79 bits per heavy atom. The number of nitrogens with zero attached hydrogens (tertiary/aromatic N) is 1. The Labute approximate surface area is 122 Å². The molecule has 1 heterocycles. The van der Waals surface area contributed by atoms with E-state index in [1.807, 2.05) is 0 Å². The summed E-state index contributed by atoms with van der Waals surface area (Å²) in [4.78, 5) is 2.51. The SMILES string of the molecule is CNC(Cc1ccc(C)c(C)c1)C1CSCCN1C. The zero-order chi connectivity index (χ0) is 13.8. The van der Waals surface area contributed by atoms with Crippen molar-refractivity contribution in [2.45, 2.75) is 32.4 Å². The molecule has 1 saturated heterocycles. The quantitative estimate of drug-likeness (QED) is 0.911. The summed E-state index contributed by atoms with van der Waals surface area (Å²) in [5, 5.41) is 3.53. The number of nitrogens with one attached hydrogen (secondary N) is 1. The summed E-state index contributed by atoms with van der Waals surface area (Å²) in [5.74, 6) is 2.51. The minimum atomic E-state index is 0.542. The van der Waals surface area contributed by atoms with Crippen molar-refractivity contribution in [2.75, 3.05) is 32.1 Å². The van der Waals surface area contributed by atoms with E-state index in [2.05, 4.69) is 68.1 Å². The zero-order valence-corrected chi connectivity index (χ0v) is 13.4. The number of thioether (sulfide) groups is 1. The van der Waals surface area contributed by atoms with Gasteiger partial charge in [-0.2, -0.15) is 11.8 Å². The first-order valence-electron chi connectivity index (χ1n) is 7.13. The number of likely N-dealkylation sites (N-methyl/N-ethyl adjacent to an activating group) is 2. The third-order valence-electron chi connectivity index (χ3n) is 4.31. The predicted octanol–water partition coefficient (Wildman–Crippen LogP) is 2.48. The second-order valence-electron chi connectivity index (χ2n) is 5.64. The summed E-state index contributed by atoms with van der Waals surface area (Å²) in [5.41, 5.74) is 4.24. The maximum absolute atomic E-state index is 3.53. The Balaban J connectivity index is 2.07. The molecule has 0 spiro atoms. The lowest BCUT2D eigenvalue weighted by atomic mass is 9.97. The van der Waals surface area contributed by atoms with Crippen molar-refractivity contribution in [1.29, 1.82) is 0 Å². The highest BCUT2D eigenvalue weighted by Gasteiger charge is 2.27. The molecule has 106 valence electrons. The summed E-state index contributed by atoms with van der Waals surface area (Å²) < 4.78 is 0. The minimum absolute atomic E-state index is 0.542. The summed E-state index contributed by atoms with van der Waals surface area (Å²) in [6.45, 7) is 5.59. The lowest BCUT2D eigenvalue weighted by Gasteiger charge is -2.37. The van der Waals surface area contributed by atoms with Gasteiger partial charge in [-0.15, -0.1) is 0 Å². The largest absolute Gasteiger partial charge is 0.315 e. The fraction of sp³-hybridized carbons (Fsp3) is 0.625. The van der Waals surface area contributed by atoms with Crippen LogP contribution in [0, 0.1) is 13.8 Å². The lowest BCUT2D eigenvalue weighted by molar-refractivity contribution is 0.219. The maximum atomic E-state index is 3.53. The summed E-state index contributed by atoms with van der Waals surface area (Å²) in [6, 6.07) is 8.06. The van der Waals surface area contributed by atoms with E-state index in [9.17, 15) is 0 Å². The molecule has 2 rings (SSSR count). The molecule has 3 heteroatoms. The lowest BCUT2D eigenvalue weighted by Crippen LogP contribution is -2.52. The predicted molar refractivity (Wildman–Crippen MR) is 86.2 cm³/mol. The van der Waals surface area contributed by atoms with Crippen molar-refractivity contribution in [3.8, 4) is 0 Å². The van der Waals surface area contributed by atoms with Crippen LogP contribution < -0.4 is 5.32 Å². The highest BCUT2D eigenvalue weighted by atomic mass is 32.2. The van der Waals surface area contributed by atoms with E-state index in [1.54, 1.807) is 0 Å². The molecule has 0 radical (unpaired) electrons. The third-order valence-corrected chi connectivity index (χ3v) is 5.35. The van der Waals surface area contributed by atoms with E-state index >= 15 is 0 Å². The van der Waals surface area contributed by atoms with Crippen LogP contribution in [0.1, 0.15) is 16.7 Å². The van der Waals surface area contributed by atoms with Crippen molar-refractivity contribution >= 4 is 11.8 Å². The third kappa shape index (κ3) is 3.74. The molecule has 0 aromatic heterocycles. The second kappa shape index (κ2) is 6.78. The fourth-order valence-corrected chi connectivity index (χ4v) is 4.06. The first kappa shape index (κ1) is 14.9. The average Bonchev–Trinajstić information content (AvgIpc) is 2.41. The normalized spacial score (nSPS) is 22.4. The van der Waals surface area contributed by atoms with E-state index in [0.717, 1.165) is 6.42 Å². The number of hydrogen-bond donors (Lipinski definition) is 1. The van der Waals surface area contributed by atoms with E-state index in [-0.39, 0.29) is 0 Å². The standard InChI is InChI=1S/C16H26N2S/c1-12-5-6-14(9-13(12)2)10-15(17-3)16-11-19-8-7-18(16)4/h5-6,9,15-17H,7-8,10-11H2,1-4H3. The number of benzene rings is 1. The summed E-state index contributed by atoms with van der Waals surface area (Å²) in [6.07, 6.45) is 1.12. The van der Waals surface area contributed by atoms with Crippen LogP contribution >= 0.6 is 11.8 Å². The van der Waals surface area contributed by atoms with Crippen LogP contribution in [0.5, 0.6) is 0 Å². The smallest absolute Gasteiger partial charge is 0.0340 e. The molecule has 1 aliphatic rings. The van der Waals surface area contributed by atoms with Gasteiger partial charge in [-0.1, -0.05) is 18.2 Å². The van der Waals surface area contributed by atoms with Gasteiger partial charge in [0.05, 0.1) is 0 Å². The highest BCUT2D eigenvalue weighted by Crippen LogP contribution is 2.20. The molecular weight excluding hydrogens is 252 g/mol. The Kier molecular flexibility index (Phi) is 5.31. The van der Waals surface area contributed by atoms with Crippen molar-refractivity contribution < 1.29 is 0 Å². The van der Waals surface area contributed by atoms with E-state index in [4.69, 9.17) is 0 Å². The van der Waals surface area contributed by atoms with Gasteiger partial charge < -0.3 is 10.2 Å². The molecule has 0 bridgehead atoms. The van der Waals surface area contributed by atoms with Gasteiger partial charge in [0.25, 0.3) is 0 Å².